The van der Waals surface area contributed by atoms with E-state index >= 15 is 0 Å². The molecule has 2 aromatic rings. The number of hydrogen-bond acceptors (Lipinski definition) is 3. The molecule has 1 amide bonds. The van der Waals surface area contributed by atoms with Gasteiger partial charge in [-0.05, 0) is 67.7 Å². The van der Waals surface area contributed by atoms with Crippen LogP contribution in [0.2, 0.25) is 0 Å². The fourth-order valence-electron chi connectivity index (χ4n) is 4.78. The van der Waals surface area contributed by atoms with Crippen LogP contribution in [-0.2, 0) is 17.6 Å². The number of carbonyl (C=O) groups is 2. The van der Waals surface area contributed by atoms with Crippen molar-refractivity contribution in [2.75, 3.05) is 6.54 Å². The van der Waals surface area contributed by atoms with E-state index < -0.39 is 12.1 Å². The minimum absolute atomic E-state index is 0.0283. The Hall–Kier alpha value is -2.92. The molecule has 188 valence electrons. The molecule has 1 fully saturated rings. The van der Waals surface area contributed by atoms with E-state index in [1.807, 2.05) is 29.2 Å². The standard InChI is InChI=1S/C30H39NO4/c1-23(10-4-2-5-11-24-12-6-3-7-13-24)28(32)19-17-27-18-20-29(33)31(27)21-9-15-25-14-8-16-26(22-25)30(34)35/h3,6-8,12-14,16-17,19,22-23,27-28,32H,2,4-5,9-11,15,18,20-21H2,1H3,(H,34,35)/t23-,27?,28+/m0/s1. The van der Waals surface area contributed by atoms with Crippen molar-refractivity contribution in [3.63, 3.8) is 0 Å². The highest BCUT2D eigenvalue weighted by Gasteiger charge is 2.28. The van der Waals surface area contributed by atoms with Crippen molar-refractivity contribution in [1.82, 2.24) is 4.90 Å². The number of hydrogen-bond donors (Lipinski definition) is 2. The smallest absolute Gasteiger partial charge is 0.335 e. The predicted molar refractivity (Wildman–Crippen MR) is 139 cm³/mol. The molecule has 1 heterocycles. The van der Waals surface area contributed by atoms with Gasteiger partial charge in [-0.25, -0.2) is 4.79 Å². The Morgan fingerprint density at radius 3 is 2.54 bits per heavy atom. The molecule has 0 bridgehead atoms. The van der Waals surface area contributed by atoms with Gasteiger partial charge in [-0.15, -0.1) is 0 Å². The summed E-state index contributed by atoms with van der Waals surface area (Å²) >= 11 is 0. The molecule has 3 atom stereocenters. The maximum atomic E-state index is 12.4. The van der Waals surface area contributed by atoms with Crippen LogP contribution in [-0.4, -0.2) is 45.7 Å². The number of rotatable bonds is 14. The lowest BCUT2D eigenvalue weighted by Gasteiger charge is -2.23. The Morgan fingerprint density at radius 2 is 1.77 bits per heavy atom. The molecule has 5 heteroatoms. The lowest BCUT2D eigenvalue weighted by Crippen LogP contribution is -2.33. The van der Waals surface area contributed by atoms with Crippen LogP contribution < -0.4 is 0 Å². The summed E-state index contributed by atoms with van der Waals surface area (Å²) in [6.45, 7) is 2.73. The SMILES string of the molecule is C[C@@H](CCCCCc1ccccc1)[C@H](O)C=CC1CCC(=O)N1CCCc1cccc(C(=O)O)c1. The number of nitrogens with zero attached hydrogens (tertiary/aromatic N) is 1. The third kappa shape index (κ3) is 8.66. The summed E-state index contributed by atoms with van der Waals surface area (Å²) in [6.07, 6.45) is 11.7. The van der Waals surface area contributed by atoms with Crippen LogP contribution in [0.1, 0.15) is 73.4 Å². The minimum Gasteiger partial charge on any atom is -0.478 e. The number of carbonyl (C=O) groups excluding carboxylic acids is 1. The van der Waals surface area contributed by atoms with Gasteiger partial charge in [0.1, 0.15) is 0 Å². The number of likely N-dealkylation sites (tertiary alicyclic amines) is 1. The van der Waals surface area contributed by atoms with Crippen LogP contribution in [0.15, 0.2) is 66.7 Å². The Balaban J connectivity index is 1.38. The van der Waals surface area contributed by atoms with Crippen LogP contribution in [0.25, 0.3) is 0 Å². The van der Waals surface area contributed by atoms with Crippen molar-refractivity contribution in [2.24, 2.45) is 5.92 Å². The number of amides is 1. The molecule has 2 N–H and O–H groups in total. The number of carboxylic acid groups (broad SMARTS) is 1. The molecule has 1 aliphatic rings. The molecule has 1 saturated heterocycles. The van der Waals surface area contributed by atoms with Crippen molar-refractivity contribution in [3.8, 4) is 0 Å². The highest BCUT2D eigenvalue weighted by Crippen LogP contribution is 2.22. The van der Waals surface area contributed by atoms with Gasteiger partial charge in [0.15, 0.2) is 0 Å². The second-order valence-corrected chi connectivity index (χ2v) is 9.74. The molecule has 0 aliphatic carbocycles. The van der Waals surface area contributed by atoms with Gasteiger partial charge in [-0.3, -0.25) is 4.79 Å². The number of carboxylic acids is 1. The molecular weight excluding hydrogens is 438 g/mol. The Kier molecular flexibility index (Phi) is 10.5. The van der Waals surface area contributed by atoms with E-state index in [0.717, 1.165) is 50.5 Å². The van der Waals surface area contributed by atoms with Gasteiger partial charge >= 0.3 is 5.97 Å². The third-order valence-corrected chi connectivity index (χ3v) is 6.99. The highest BCUT2D eigenvalue weighted by molar-refractivity contribution is 5.87. The number of aliphatic hydroxyl groups is 1. The van der Waals surface area contributed by atoms with Crippen LogP contribution in [0, 0.1) is 5.92 Å². The van der Waals surface area contributed by atoms with Gasteiger partial charge in [0.05, 0.1) is 17.7 Å². The second-order valence-electron chi connectivity index (χ2n) is 9.74. The van der Waals surface area contributed by atoms with E-state index in [2.05, 4.69) is 31.2 Å². The minimum atomic E-state index is -0.924. The van der Waals surface area contributed by atoms with Crippen molar-refractivity contribution in [2.45, 2.75) is 76.9 Å². The van der Waals surface area contributed by atoms with E-state index in [9.17, 15) is 14.7 Å². The molecule has 2 aromatic carbocycles. The van der Waals surface area contributed by atoms with Crippen LogP contribution in [0.3, 0.4) is 0 Å². The first kappa shape index (κ1) is 26.7. The zero-order valence-corrected chi connectivity index (χ0v) is 20.8. The summed E-state index contributed by atoms with van der Waals surface area (Å²) in [5.74, 6) is -0.582. The molecule has 5 nitrogen and oxygen atoms in total. The summed E-state index contributed by atoms with van der Waals surface area (Å²) in [5, 5.41) is 19.8. The van der Waals surface area contributed by atoms with Crippen LogP contribution in [0.4, 0.5) is 0 Å². The molecule has 1 unspecified atom stereocenters. The number of aliphatic hydroxyl groups excluding tert-OH is 1. The van der Waals surface area contributed by atoms with E-state index in [1.54, 1.807) is 18.2 Å². The lowest BCUT2D eigenvalue weighted by molar-refractivity contribution is -0.128. The highest BCUT2D eigenvalue weighted by atomic mass is 16.4. The summed E-state index contributed by atoms with van der Waals surface area (Å²) < 4.78 is 0. The Labute approximate surface area is 209 Å². The van der Waals surface area contributed by atoms with Crippen molar-refractivity contribution in [3.05, 3.63) is 83.4 Å². The molecule has 0 aromatic heterocycles. The van der Waals surface area contributed by atoms with Gasteiger partial charge in [0.2, 0.25) is 5.91 Å². The largest absolute Gasteiger partial charge is 0.478 e. The molecule has 1 aliphatic heterocycles. The lowest BCUT2D eigenvalue weighted by atomic mass is 9.95. The fraction of sp³-hybridized carbons (Fsp3) is 0.467. The zero-order valence-electron chi connectivity index (χ0n) is 20.8. The first-order valence-corrected chi connectivity index (χ1v) is 13.0. The van der Waals surface area contributed by atoms with Gasteiger partial charge in [0, 0.05) is 13.0 Å². The topological polar surface area (TPSA) is 77.8 Å². The second kappa shape index (κ2) is 13.8. The van der Waals surface area contributed by atoms with Crippen molar-refractivity contribution in [1.29, 1.82) is 0 Å². The van der Waals surface area contributed by atoms with Gasteiger partial charge < -0.3 is 15.1 Å². The first-order chi connectivity index (χ1) is 16.9. The van der Waals surface area contributed by atoms with E-state index in [1.165, 1.54) is 12.0 Å². The van der Waals surface area contributed by atoms with E-state index in [4.69, 9.17) is 5.11 Å². The molecular formula is C30H39NO4. The number of unbranched alkanes of at least 4 members (excludes halogenated alkanes) is 2. The average molecular weight is 478 g/mol. The van der Waals surface area contributed by atoms with Crippen molar-refractivity contribution < 1.29 is 19.8 Å². The maximum absolute atomic E-state index is 12.4. The molecule has 0 radical (unpaired) electrons. The number of aryl methyl sites for hydroxylation is 2. The van der Waals surface area contributed by atoms with Crippen LogP contribution >= 0.6 is 0 Å². The monoisotopic (exact) mass is 477 g/mol. The van der Waals surface area contributed by atoms with Gasteiger partial charge in [-0.2, -0.15) is 0 Å². The Bertz CT molecular complexity index is 971. The molecule has 35 heavy (non-hydrogen) atoms. The summed E-state index contributed by atoms with van der Waals surface area (Å²) in [4.78, 5) is 25.5. The maximum Gasteiger partial charge on any atom is 0.335 e. The summed E-state index contributed by atoms with van der Waals surface area (Å²) in [7, 11) is 0. The third-order valence-electron chi connectivity index (χ3n) is 6.99. The quantitative estimate of drug-likeness (QED) is 0.272. The molecule has 0 spiro atoms. The number of aromatic carboxylic acids is 1. The van der Waals surface area contributed by atoms with Crippen molar-refractivity contribution >= 4 is 11.9 Å². The van der Waals surface area contributed by atoms with Crippen LogP contribution in [0.5, 0.6) is 0 Å². The first-order valence-electron chi connectivity index (χ1n) is 13.0. The number of benzene rings is 2. The van der Waals surface area contributed by atoms with Gasteiger partial charge in [0.25, 0.3) is 0 Å². The van der Waals surface area contributed by atoms with E-state index in [0.29, 0.717) is 18.5 Å². The normalized spacial score (nSPS) is 17.7. The average Bonchev–Trinajstić information content (AvgIpc) is 3.22. The molecule has 3 rings (SSSR count). The van der Waals surface area contributed by atoms with E-state index in [-0.39, 0.29) is 17.9 Å². The summed E-state index contributed by atoms with van der Waals surface area (Å²) in [6, 6.07) is 17.6. The molecule has 0 saturated carbocycles. The summed E-state index contributed by atoms with van der Waals surface area (Å²) in [5.41, 5.74) is 2.64. The fourth-order valence-corrected chi connectivity index (χ4v) is 4.78. The Morgan fingerprint density at radius 1 is 1.03 bits per heavy atom. The van der Waals surface area contributed by atoms with Gasteiger partial charge in [-0.1, -0.05) is 74.4 Å². The predicted octanol–water partition coefficient (Wildman–Crippen LogP) is 5.66. The zero-order chi connectivity index (χ0) is 25.0.